The second kappa shape index (κ2) is 8.47. The van der Waals surface area contributed by atoms with Gasteiger partial charge in [-0.15, -0.1) is 0 Å². The molecule has 2 aromatic carbocycles. The lowest BCUT2D eigenvalue weighted by Crippen LogP contribution is -2.84. The Morgan fingerprint density at radius 2 is 2.08 bits per heavy atom. The zero-order chi connectivity index (χ0) is 16.8. The second-order valence-corrected chi connectivity index (χ2v) is 6.43. The molecule has 0 aromatic heterocycles. The summed E-state index contributed by atoms with van der Waals surface area (Å²) in [6.07, 6.45) is 2.61. The van der Waals surface area contributed by atoms with Crippen LogP contribution in [0.25, 0.3) is 0 Å². The van der Waals surface area contributed by atoms with E-state index in [1.807, 2.05) is 12.1 Å². The standard InChI is InChI=1S/C19H21ClFNO2/c20-16-7-8-19(24-13-14-4-1-2-6-18(14)21)15(10-16)11-22-12-17-5-3-9-23-17/h1-2,4,6-8,10,17,22H,3,5,9,11-13H2/p+1/t17-/m0/s1. The van der Waals surface area contributed by atoms with E-state index in [4.69, 9.17) is 21.1 Å². The Labute approximate surface area is 146 Å². The lowest BCUT2D eigenvalue weighted by atomic mass is 10.2. The summed E-state index contributed by atoms with van der Waals surface area (Å²) in [7, 11) is 0. The molecule has 1 saturated heterocycles. The maximum Gasteiger partial charge on any atom is 0.129 e. The predicted molar refractivity (Wildman–Crippen MR) is 91.7 cm³/mol. The van der Waals surface area contributed by atoms with Crippen molar-refractivity contribution in [3.8, 4) is 5.75 Å². The molecule has 2 aromatic rings. The first-order chi connectivity index (χ1) is 11.7. The fourth-order valence-corrected chi connectivity index (χ4v) is 3.07. The van der Waals surface area contributed by atoms with E-state index in [0.29, 0.717) is 16.7 Å². The molecule has 3 rings (SSSR count). The SMILES string of the molecule is Fc1ccccc1COc1ccc(Cl)cc1C[NH2+]C[C@@H]1CCCO1. The molecule has 1 fully saturated rings. The number of rotatable bonds is 7. The van der Waals surface area contributed by atoms with Gasteiger partial charge in [0, 0.05) is 22.8 Å². The topological polar surface area (TPSA) is 35.1 Å². The van der Waals surface area contributed by atoms with Crippen molar-refractivity contribution in [3.63, 3.8) is 0 Å². The van der Waals surface area contributed by atoms with Gasteiger partial charge in [0.15, 0.2) is 0 Å². The highest BCUT2D eigenvalue weighted by atomic mass is 35.5. The van der Waals surface area contributed by atoms with Gasteiger partial charge in [0.1, 0.15) is 37.4 Å². The van der Waals surface area contributed by atoms with Gasteiger partial charge in [-0.3, -0.25) is 0 Å². The monoisotopic (exact) mass is 350 g/mol. The molecule has 128 valence electrons. The molecule has 0 unspecified atom stereocenters. The van der Waals surface area contributed by atoms with Crippen LogP contribution >= 0.6 is 11.6 Å². The van der Waals surface area contributed by atoms with E-state index in [9.17, 15) is 4.39 Å². The van der Waals surface area contributed by atoms with Gasteiger partial charge in [-0.25, -0.2) is 4.39 Å². The van der Waals surface area contributed by atoms with Crippen molar-refractivity contribution in [1.29, 1.82) is 0 Å². The molecule has 2 N–H and O–H groups in total. The largest absolute Gasteiger partial charge is 0.488 e. The molecular weight excluding hydrogens is 329 g/mol. The minimum atomic E-state index is -0.252. The van der Waals surface area contributed by atoms with E-state index in [1.165, 1.54) is 6.07 Å². The number of hydrogen-bond acceptors (Lipinski definition) is 2. The van der Waals surface area contributed by atoms with Crippen molar-refractivity contribution >= 4 is 11.6 Å². The smallest absolute Gasteiger partial charge is 0.129 e. The average molecular weight is 351 g/mol. The maximum absolute atomic E-state index is 13.7. The number of hydrogen-bond donors (Lipinski definition) is 1. The van der Waals surface area contributed by atoms with Crippen LogP contribution in [0.5, 0.6) is 5.75 Å². The molecule has 1 heterocycles. The van der Waals surface area contributed by atoms with Crippen LogP contribution in [0, 0.1) is 5.82 Å². The number of benzene rings is 2. The second-order valence-electron chi connectivity index (χ2n) is 6.00. The zero-order valence-electron chi connectivity index (χ0n) is 13.5. The fraction of sp³-hybridized carbons (Fsp3) is 0.368. The Balaban J connectivity index is 1.60. The number of nitrogens with two attached hydrogens (primary N) is 1. The van der Waals surface area contributed by atoms with Crippen LogP contribution in [0.4, 0.5) is 4.39 Å². The van der Waals surface area contributed by atoms with Crippen molar-refractivity contribution in [3.05, 3.63) is 64.4 Å². The van der Waals surface area contributed by atoms with Gasteiger partial charge in [-0.2, -0.15) is 0 Å². The summed E-state index contributed by atoms with van der Waals surface area (Å²) in [5.41, 5.74) is 1.55. The third-order valence-corrected chi connectivity index (χ3v) is 4.42. The van der Waals surface area contributed by atoms with Gasteiger partial charge in [0.25, 0.3) is 0 Å². The normalized spacial score (nSPS) is 17.2. The number of halogens is 2. The summed E-state index contributed by atoms with van der Waals surface area (Å²) in [6, 6.07) is 12.2. The van der Waals surface area contributed by atoms with E-state index in [2.05, 4.69) is 5.32 Å². The van der Waals surface area contributed by atoms with Gasteiger partial charge in [-0.05, 0) is 37.1 Å². The maximum atomic E-state index is 13.7. The van der Waals surface area contributed by atoms with Crippen LogP contribution in [0.1, 0.15) is 24.0 Å². The summed E-state index contributed by atoms with van der Waals surface area (Å²) in [5.74, 6) is 0.490. The molecular formula is C19H22ClFNO2+. The number of ether oxygens (including phenoxy) is 2. The molecule has 0 saturated carbocycles. The Kier molecular flexibility index (Phi) is 6.07. The lowest BCUT2D eigenvalue weighted by Gasteiger charge is -2.13. The quantitative estimate of drug-likeness (QED) is 0.831. The van der Waals surface area contributed by atoms with Gasteiger partial charge >= 0.3 is 0 Å². The third kappa shape index (κ3) is 4.69. The van der Waals surface area contributed by atoms with Crippen molar-refractivity contribution in [2.75, 3.05) is 13.2 Å². The van der Waals surface area contributed by atoms with Crippen LogP contribution in [0.15, 0.2) is 42.5 Å². The van der Waals surface area contributed by atoms with Crippen molar-refractivity contribution in [2.24, 2.45) is 0 Å². The molecule has 1 aliphatic heterocycles. The minimum Gasteiger partial charge on any atom is -0.488 e. The molecule has 5 heteroatoms. The lowest BCUT2D eigenvalue weighted by molar-refractivity contribution is -0.676. The molecule has 0 spiro atoms. The third-order valence-electron chi connectivity index (χ3n) is 4.18. The van der Waals surface area contributed by atoms with E-state index >= 15 is 0 Å². The van der Waals surface area contributed by atoms with Gasteiger partial charge < -0.3 is 14.8 Å². The Hall–Kier alpha value is -1.62. The summed E-state index contributed by atoms with van der Waals surface area (Å²) >= 11 is 6.11. The predicted octanol–water partition coefficient (Wildman–Crippen LogP) is 3.30. The molecule has 24 heavy (non-hydrogen) atoms. The molecule has 0 amide bonds. The highest BCUT2D eigenvalue weighted by Crippen LogP contribution is 2.23. The van der Waals surface area contributed by atoms with E-state index in [-0.39, 0.29) is 12.4 Å². The Morgan fingerprint density at radius 1 is 1.21 bits per heavy atom. The highest BCUT2D eigenvalue weighted by molar-refractivity contribution is 6.30. The van der Waals surface area contributed by atoms with Crippen molar-refractivity contribution in [2.45, 2.75) is 32.1 Å². The number of quaternary nitrogens is 1. The van der Waals surface area contributed by atoms with Crippen LogP contribution in [0.3, 0.4) is 0 Å². The molecule has 1 atom stereocenters. The van der Waals surface area contributed by atoms with E-state index in [0.717, 1.165) is 43.9 Å². The first-order valence-electron chi connectivity index (χ1n) is 8.30. The van der Waals surface area contributed by atoms with E-state index < -0.39 is 0 Å². The highest BCUT2D eigenvalue weighted by Gasteiger charge is 2.17. The summed E-state index contributed by atoms with van der Waals surface area (Å²) < 4.78 is 25.2. The summed E-state index contributed by atoms with van der Waals surface area (Å²) in [4.78, 5) is 0. The van der Waals surface area contributed by atoms with Gasteiger partial charge in [-0.1, -0.05) is 29.8 Å². The Morgan fingerprint density at radius 3 is 2.88 bits per heavy atom. The van der Waals surface area contributed by atoms with Crippen LogP contribution in [-0.2, 0) is 17.9 Å². The first kappa shape index (κ1) is 17.2. The molecule has 0 aliphatic carbocycles. The first-order valence-corrected chi connectivity index (χ1v) is 8.68. The fourth-order valence-electron chi connectivity index (χ4n) is 2.87. The van der Waals surface area contributed by atoms with Crippen molar-refractivity contribution < 1.29 is 19.2 Å². The minimum absolute atomic E-state index is 0.201. The van der Waals surface area contributed by atoms with Crippen molar-refractivity contribution in [1.82, 2.24) is 0 Å². The molecule has 1 aliphatic rings. The molecule has 0 bridgehead atoms. The van der Waals surface area contributed by atoms with Gasteiger partial charge in [0.05, 0.1) is 0 Å². The summed E-state index contributed by atoms with van der Waals surface area (Å²) in [6.45, 7) is 2.76. The van der Waals surface area contributed by atoms with Crippen LogP contribution in [0.2, 0.25) is 5.02 Å². The van der Waals surface area contributed by atoms with Crippen LogP contribution < -0.4 is 10.1 Å². The average Bonchev–Trinajstić information content (AvgIpc) is 3.09. The van der Waals surface area contributed by atoms with Crippen LogP contribution in [-0.4, -0.2) is 19.3 Å². The Bertz CT molecular complexity index is 674. The van der Waals surface area contributed by atoms with Gasteiger partial charge in [0.2, 0.25) is 0 Å². The van der Waals surface area contributed by atoms with E-state index in [1.54, 1.807) is 24.3 Å². The summed E-state index contributed by atoms with van der Waals surface area (Å²) in [5, 5.41) is 2.88. The molecule has 0 radical (unpaired) electrons. The molecule has 3 nitrogen and oxygen atoms in total. The zero-order valence-corrected chi connectivity index (χ0v) is 14.3.